The summed E-state index contributed by atoms with van der Waals surface area (Å²) in [4.78, 5) is 4.65. The van der Waals surface area contributed by atoms with E-state index in [4.69, 9.17) is 0 Å². The van der Waals surface area contributed by atoms with E-state index in [2.05, 4.69) is 27.0 Å². The van der Waals surface area contributed by atoms with E-state index in [1.807, 2.05) is 0 Å². The lowest BCUT2D eigenvalue weighted by Gasteiger charge is -2.16. The molecular formula is C11H20N4. The number of fused-ring (bicyclic) bond motifs is 1. The topological polar surface area (TPSA) is 48.4 Å². The molecule has 0 unspecified atom stereocenters. The normalized spacial score (nSPS) is 24.5. The highest BCUT2D eigenvalue weighted by atomic mass is 15.0. The van der Waals surface area contributed by atoms with Gasteiger partial charge in [-0.3, -0.25) is 4.99 Å². The Kier molecular flexibility index (Phi) is 4.32. The van der Waals surface area contributed by atoms with Crippen LogP contribution in [-0.2, 0) is 0 Å². The van der Waals surface area contributed by atoms with E-state index < -0.39 is 0 Å². The standard InChI is InChI=1S/C11H20N4/c1-2-10-8-13-6-4-12-5-7-14-9-11(3-1)15-10/h2,12-14H,1,3-9H2. The molecule has 2 aliphatic heterocycles. The first-order valence-corrected chi connectivity index (χ1v) is 5.83. The van der Waals surface area contributed by atoms with Gasteiger partial charge in [0.15, 0.2) is 0 Å². The summed E-state index contributed by atoms with van der Waals surface area (Å²) in [5.41, 5.74) is 2.51. The molecule has 4 nitrogen and oxygen atoms in total. The van der Waals surface area contributed by atoms with Gasteiger partial charge in [-0.15, -0.1) is 0 Å². The van der Waals surface area contributed by atoms with Crippen LogP contribution in [0.5, 0.6) is 0 Å². The third kappa shape index (κ3) is 3.74. The highest BCUT2D eigenvalue weighted by Crippen LogP contribution is 2.09. The minimum atomic E-state index is 0.908. The van der Waals surface area contributed by atoms with Gasteiger partial charge in [0, 0.05) is 45.0 Å². The largest absolute Gasteiger partial charge is 0.314 e. The first-order chi connectivity index (χ1) is 7.45. The van der Waals surface area contributed by atoms with Gasteiger partial charge < -0.3 is 16.0 Å². The summed E-state index contributed by atoms with van der Waals surface area (Å²) >= 11 is 0. The van der Waals surface area contributed by atoms with Gasteiger partial charge in [0.1, 0.15) is 0 Å². The molecule has 0 aromatic rings. The molecule has 2 rings (SSSR count). The second-order valence-electron chi connectivity index (χ2n) is 4.02. The monoisotopic (exact) mass is 208 g/mol. The molecule has 0 amide bonds. The number of rotatable bonds is 0. The van der Waals surface area contributed by atoms with Crippen molar-refractivity contribution in [2.45, 2.75) is 12.8 Å². The summed E-state index contributed by atoms with van der Waals surface area (Å²) in [6.07, 6.45) is 4.51. The van der Waals surface area contributed by atoms with Gasteiger partial charge in [-0.2, -0.15) is 0 Å². The van der Waals surface area contributed by atoms with Crippen molar-refractivity contribution in [3.05, 3.63) is 11.8 Å². The van der Waals surface area contributed by atoms with Gasteiger partial charge >= 0.3 is 0 Å². The van der Waals surface area contributed by atoms with Crippen molar-refractivity contribution in [2.24, 2.45) is 4.99 Å². The molecule has 0 aromatic heterocycles. The predicted octanol–water partition coefficient (Wildman–Crippen LogP) is -0.112. The molecule has 2 heterocycles. The molecule has 84 valence electrons. The second-order valence-corrected chi connectivity index (χ2v) is 4.02. The van der Waals surface area contributed by atoms with Crippen LogP contribution in [0.3, 0.4) is 0 Å². The number of nitrogens with one attached hydrogen (secondary N) is 3. The van der Waals surface area contributed by atoms with E-state index in [1.54, 1.807) is 0 Å². The van der Waals surface area contributed by atoms with Crippen molar-refractivity contribution in [3.63, 3.8) is 0 Å². The Morgan fingerprint density at radius 1 is 0.933 bits per heavy atom. The average molecular weight is 208 g/mol. The van der Waals surface area contributed by atoms with Crippen molar-refractivity contribution in [1.82, 2.24) is 16.0 Å². The molecule has 0 aromatic carbocycles. The molecule has 0 saturated carbocycles. The van der Waals surface area contributed by atoms with Gasteiger partial charge in [0.25, 0.3) is 0 Å². The quantitative estimate of drug-likeness (QED) is 0.520. The number of allylic oxidation sites excluding steroid dienone is 1. The van der Waals surface area contributed by atoms with Gasteiger partial charge in [0.2, 0.25) is 0 Å². The number of hydrogen-bond acceptors (Lipinski definition) is 4. The average Bonchev–Trinajstić information content (AvgIpc) is 2.26. The highest BCUT2D eigenvalue weighted by molar-refractivity contribution is 5.88. The van der Waals surface area contributed by atoms with Crippen molar-refractivity contribution >= 4 is 5.71 Å². The fourth-order valence-electron chi connectivity index (χ4n) is 1.88. The van der Waals surface area contributed by atoms with Crippen molar-refractivity contribution in [3.8, 4) is 0 Å². The zero-order valence-electron chi connectivity index (χ0n) is 9.18. The summed E-state index contributed by atoms with van der Waals surface area (Å²) in [5.74, 6) is 0. The Bertz CT molecular complexity index is 257. The summed E-state index contributed by atoms with van der Waals surface area (Å²) in [6, 6.07) is 0. The minimum absolute atomic E-state index is 0.908. The van der Waals surface area contributed by atoms with Crippen LogP contribution < -0.4 is 16.0 Å². The van der Waals surface area contributed by atoms with Crippen LogP contribution in [0, 0.1) is 0 Å². The highest BCUT2D eigenvalue weighted by Gasteiger charge is 2.07. The van der Waals surface area contributed by atoms with Crippen LogP contribution in [-0.4, -0.2) is 45.0 Å². The van der Waals surface area contributed by atoms with E-state index in [0.717, 1.165) is 52.1 Å². The number of hydrogen-bond donors (Lipinski definition) is 3. The Morgan fingerprint density at radius 3 is 2.53 bits per heavy atom. The summed E-state index contributed by atoms with van der Waals surface area (Å²) in [7, 11) is 0. The van der Waals surface area contributed by atoms with Gasteiger partial charge in [-0.1, -0.05) is 6.08 Å². The molecule has 2 aliphatic rings. The molecule has 0 radical (unpaired) electrons. The Morgan fingerprint density at radius 2 is 1.67 bits per heavy atom. The molecular weight excluding hydrogens is 188 g/mol. The first kappa shape index (κ1) is 10.8. The van der Waals surface area contributed by atoms with Crippen molar-refractivity contribution in [1.29, 1.82) is 0 Å². The van der Waals surface area contributed by atoms with E-state index >= 15 is 0 Å². The van der Waals surface area contributed by atoms with Crippen LogP contribution in [0.25, 0.3) is 0 Å². The lowest BCUT2D eigenvalue weighted by Crippen LogP contribution is -2.36. The van der Waals surface area contributed by atoms with Gasteiger partial charge in [0.05, 0.1) is 5.70 Å². The summed E-state index contributed by atoms with van der Waals surface area (Å²) in [6.45, 7) is 5.97. The zero-order valence-corrected chi connectivity index (χ0v) is 9.18. The summed E-state index contributed by atoms with van der Waals surface area (Å²) < 4.78 is 0. The molecule has 3 N–H and O–H groups in total. The predicted molar refractivity (Wildman–Crippen MR) is 63.4 cm³/mol. The number of aliphatic imine (C=N–C) groups is 1. The van der Waals surface area contributed by atoms with E-state index in [9.17, 15) is 0 Å². The molecule has 15 heavy (non-hydrogen) atoms. The van der Waals surface area contributed by atoms with E-state index in [1.165, 1.54) is 11.4 Å². The fraction of sp³-hybridized carbons (Fsp3) is 0.727. The lowest BCUT2D eigenvalue weighted by molar-refractivity contribution is 0.599. The second kappa shape index (κ2) is 6.00. The van der Waals surface area contributed by atoms with Crippen LogP contribution in [0.1, 0.15) is 12.8 Å². The minimum Gasteiger partial charge on any atom is -0.314 e. The maximum absolute atomic E-state index is 4.65. The van der Waals surface area contributed by atoms with E-state index in [-0.39, 0.29) is 0 Å². The fourth-order valence-corrected chi connectivity index (χ4v) is 1.88. The van der Waals surface area contributed by atoms with E-state index in [0.29, 0.717) is 0 Å². The van der Waals surface area contributed by atoms with Crippen LogP contribution in [0.4, 0.5) is 0 Å². The maximum Gasteiger partial charge on any atom is 0.0501 e. The summed E-state index contributed by atoms with van der Waals surface area (Å²) in [5, 5.41) is 10.2. The maximum atomic E-state index is 4.65. The number of nitrogens with zero attached hydrogens (tertiary/aromatic N) is 1. The van der Waals surface area contributed by atoms with Crippen molar-refractivity contribution in [2.75, 3.05) is 39.3 Å². The third-order valence-electron chi connectivity index (χ3n) is 2.71. The molecule has 2 bridgehead atoms. The molecule has 0 atom stereocenters. The first-order valence-electron chi connectivity index (χ1n) is 5.83. The third-order valence-corrected chi connectivity index (χ3v) is 2.71. The Labute approximate surface area is 91.2 Å². The SMILES string of the molecule is C1=C2CNCCNCCNCC(=N2)CC1. The lowest BCUT2D eigenvalue weighted by atomic mass is 10.1. The molecule has 0 aliphatic carbocycles. The van der Waals surface area contributed by atoms with Crippen LogP contribution in [0.15, 0.2) is 16.8 Å². The smallest absolute Gasteiger partial charge is 0.0501 e. The molecule has 0 saturated heterocycles. The van der Waals surface area contributed by atoms with Crippen molar-refractivity contribution < 1.29 is 0 Å². The van der Waals surface area contributed by atoms with Gasteiger partial charge in [-0.05, 0) is 12.8 Å². The molecule has 0 spiro atoms. The zero-order chi connectivity index (χ0) is 10.3. The molecule has 0 fully saturated rings. The van der Waals surface area contributed by atoms with Gasteiger partial charge in [-0.25, -0.2) is 0 Å². The Balaban J connectivity index is 1.92. The Hall–Kier alpha value is -0.710. The van der Waals surface area contributed by atoms with Crippen LogP contribution >= 0.6 is 0 Å². The molecule has 4 heteroatoms. The van der Waals surface area contributed by atoms with Crippen LogP contribution in [0.2, 0.25) is 0 Å².